The van der Waals surface area contributed by atoms with E-state index < -0.39 is 0 Å². The van der Waals surface area contributed by atoms with E-state index in [1.165, 1.54) is 57.2 Å². The number of hydrogen-bond donors (Lipinski definition) is 3. The van der Waals surface area contributed by atoms with E-state index in [0.29, 0.717) is 18.1 Å². The van der Waals surface area contributed by atoms with Crippen LogP contribution in [-0.2, 0) is 0 Å². The first-order valence-electron chi connectivity index (χ1n) is 11.6. The zero-order chi connectivity index (χ0) is 20.7. The zero-order valence-corrected chi connectivity index (χ0v) is 21.6. The van der Waals surface area contributed by atoms with Gasteiger partial charge in [-0.25, -0.2) is 0 Å². The maximum Gasteiger partial charge on any atom is 0.191 e. The fourth-order valence-electron chi connectivity index (χ4n) is 4.91. The van der Waals surface area contributed by atoms with Crippen molar-refractivity contribution in [3.8, 4) is 0 Å². The minimum absolute atomic E-state index is 0. The summed E-state index contributed by atoms with van der Waals surface area (Å²) in [5.41, 5.74) is 1.51. The minimum atomic E-state index is 0. The topological polar surface area (TPSA) is 51.7 Å². The Kier molecular flexibility index (Phi) is 10.4. The summed E-state index contributed by atoms with van der Waals surface area (Å²) < 4.78 is 0. The highest BCUT2D eigenvalue weighted by Gasteiger charge is 2.35. The average Bonchev–Trinajstić information content (AvgIpc) is 3.20. The van der Waals surface area contributed by atoms with Gasteiger partial charge in [0.15, 0.2) is 5.96 Å². The maximum atomic E-state index is 4.52. The van der Waals surface area contributed by atoms with Crippen molar-refractivity contribution in [1.29, 1.82) is 0 Å². The van der Waals surface area contributed by atoms with Crippen molar-refractivity contribution in [2.75, 3.05) is 26.7 Å². The zero-order valence-electron chi connectivity index (χ0n) is 19.3. The van der Waals surface area contributed by atoms with Crippen molar-refractivity contribution in [2.45, 2.75) is 83.0 Å². The molecular weight excluding hydrogens is 485 g/mol. The number of nitrogens with one attached hydrogen (secondary N) is 3. The Bertz CT molecular complexity index is 634. The summed E-state index contributed by atoms with van der Waals surface area (Å²) in [5, 5.41) is 11.3. The van der Waals surface area contributed by atoms with Crippen molar-refractivity contribution in [2.24, 2.45) is 4.99 Å². The van der Waals surface area contributed by atoms with Gasteiger partial charge in [-0.15, -0.1) is 24.0 Å². The van der Waals surface area contributed by atoms with Crippen LogP contribution in [0.5, 0.6) is 0 Å². The molecule has 30 heavy (non-hydrogen) atoms. The minimum Gasteiger partial charge on any atom is -0.355 e. The first kappa shape index (κ1) is 25.4. The Morgan fingerprint density at radius 2 is 1.73 bits per heavy atom. The third kappa shape index (κ3) is 7.09. The lowest BCUT2D eigenvalue weighted by atomic mass is 9.94. The highest BCUT2D eigenvalue weighted by molar-refractivity contribution is 14.0. The first-order valence-corrected chi connectivity index (χ1v) is 11.6. The number of piperidine rings is 1. The Labute approximate surface area is 200 Å². The third-order valence-corrected chi connectivity index (χ3v) is 6.80. The normalized spacial score (nSPS) is 21.3. The summed E-state index contributed by atoms with van der Waals surface area (Å²) in [6, 6.07) is 12.3. The second-order valence-electron chi connectivity index (χ2n) is 9.24. The molecule has 3 rings (SSSR count). The van der Waals surface area contributed by atoms with Gasteiger partial charge < -0.3 is 20.9 Å². The molecule has 1 aromatic rings. The number of benzene rings is 1. The molecule has 1 atom stereocenters. The second kappa shape index (κ2) is 12.2. The van der Waals surface area contributed by atoms with Crippen LogP contribution in [0.15, 0.2) is 35.3 Å². The molecule has 5 nitrogen and oxygen atoms in total. The van der Waals surface area contributed by atoms with E-state index in [1.54, 1.807) is 0 Å². The van der Waals surface area contributed by atoms with Gasteiger partial charge in [0.05, 0.1) is 0 Å². The van der Waals surface area contributed by atoms with E-state index in [9.17, 15) is 0 Å². The van der Waals surface area contributed by atoms with Crippen LogP contribution < -0.4 is 16.0 Å². The highest BCUT2D eigenvalue weighted by Crippen LogP contribution is 2.31. The van der Waals surface area contributed by atoms with Crippen LogP contribution >= 0.6 is 24.0 Å². The number of aliphatic imine (C=N–C) groups is 1. The lowest BCUT2D eigenvalue weighted by Crippen LogP contribution is -2.56. The van der Waals surface area contributed by atoms with Crippen LogP contribution in [0.1, 0.15) is 70.9 Å². The average molecular weight is 528 g/mol. The first-order chi connectivity index (χ1) is 14.0. The van der Waals surface area contributed by atoms with E-state index >= 15 is 0 Å². The number of rotatable bonds is 7. The fraction of sp³-hybridized carbons (Fsp3) is 0.708. The Hall–Kier alpha value is -0.860. The molecular formula is C24H42IN5. The Balaban J connectivity index is 0.00000320. The quantitative estimate of drug-likeness (QED) is 0.281. The van der Waals surface area contributed by atoms with Crippen molar-refractivity contribution in [1.82, 2.24) is 20.9 Å². The van der Waals surface area contributed by atoms with E-state index in [1.807, 2.05) is 7.05 Å². The van der Waals surface area contributed by atoms with Crippen molar-refractivity contribution in [3.05, 3.63) is 35.9 Å². The summed E-state index contributed by atoms with van der Waals surface area (Å²) in [7, 11) is 1.89. The monoisotopic (exact) mass is 527 g/mol. The predicted molar refractivity (Wildman–Crippen MR) is 139 cm³/mol. The lowest BCUT2D eigenvalue weighted by Gasteiger charge is -2.37. The van der Waals surface area contributed by atoms with Gasteiger partial charge >= 0.3 is 0 Å². The summed E-state index contributed by atoms with van der Waals surface area (Å²) in [5.74, 6) is 0.952. The molecule has 1 unspecified atom stereocenters. The van der Waals surface area contributed by atoms with E-state index in [-0.39, 0.29) is 29.5 Å². The smallest absolute Gasteiger partial charge is 0.191 e. The highest BCUT2D eigenvalue weighted by atomic mass is 127. The van der Waals surface area contributed by atoms with Gasteiger partial charge in [0.1, 0.15) is 0 Å². The van der Waals surface area contributed by atoms with Gasteiger partial charge in [-0.3, -0.25) is 4.99 Å². The molecule has 0 amide bonds. The number of hydrogen-bond acceptors (Lipinski definition) is 3. The van der Waals surface area contributed by atoms with Gasteiger partial charge in [-0.1, -0.05) is 43.2 Å². The van der Waals surface area contributed by atoms with Crippen LogP contribution in [0.25, 0.3) is 0 Å². The second-order valence-corrected chi connectivity index (χ2v) is 9.24. The Morgan fingerprint density at radius 3 is 2.30 bits per heavy atom. The molecule has 0 spiro atoms. The predicted octanol–water partition coefficient (Wildman–Crippen LogP) is 4.31. The summed E-state index contributed by atoms with van der Waals surface area (Å²) in [6.45, 7) is 10.1. The summed E-state index contributed by atoms with van der Waals surface area (Å²) in [6.07, 6.45) is 7.42. The van der Waals surface area contributed by atoms with Crippen LogP contribution in [-0.4, -0.2) is 55.2 Å². The molecule has 0 bridgehead atoms. The largest absolute Gasteiger partial charge is 0.355 e. The van der Waals surface area contributed by atoms with Gasteiger partial charge in [0.25, 0.3) is 0 Å². The molecule has 170 valence electrons. The van der Waals surface area contributed by atoms with Gasteiger partial charge in [-0.2, -0.15) is 0 Å². The van der Waals surface area contributed by atoms with Crippen LogP contribution in [0, 0.1) is 0 Å². The van der Waals surface area contributed by atoms with Crippen molar-refractivity contribution < 1.29 is 0 Å². The number of nitrogens with zero attached hydrogens (tertiary/aromatic N) is 2. The third-order valence-electron chi connectivity index (χ3n) is 6.80. The number of guanidine groups is 1. The molecule has 1 aliphatic heterocycles. The lowest BCUT2D eigenvalue weighted by molar-refractivity contribution is 0.167. The molecule has 1 aromatic carbocycles. The molecule has 3 N–H and O–H groups in total. The molecule has 6 heteroatoms. The molecule has 1 saturated heterocycles. The molecule has 1 aliphatic carbocycles. The number of likely N-dealkylation sites (tertiary alicyclic amines) is 1. The molecule has 0 radical (unpaired) electrons. The van der Waals surface area contributed by atoms with Crippen molar-refractivity contribution >= 4 is 29.9 Å². The van der Waals surface area contributed by atoms with E-state index in [4.69, 9.17) is 0 Å². The number of halogens is 1. The fourth-order valence-corrected chi connectivity index (χ4v) is 4.91. The van der Waals surface area contributed by atoms with Crippen LogP contribution in [0.3, 0.4) is 0 Å². The Morgan fingerprint density at radius 1 is 1.10 bits per heavy atom. The van der Waals surface area contributed by atoms with E-state index in [0.717, 1.165) is 12.5 Å². The standard InChI is InChI=1S/C24H41N5.HI/c1-19(2)29-16-12-22(13-17-29)27-23(25-4)26-18-24(14-8-9-15-24)28-20(3)21-10-6-5-7-11-21;/h5-7,10-11,19-20,22,28H,8-9,12-18H2,1-4H3,(H2,25,26,27);1H. The molecule has 1 heterocycles. The van der Waals surface area contributed by atoms with E-state index in [2.05, 4.69) is 76.9 Å². The summed E-state index contributed by atoms with van der Waals surface area (Å²) in [4.78, 5) is 7.08. The molecule has 2 fully saturated rings. The summed E-state index contributed by atoms with van der Waals surface area (Å²) >= 11 is 0. The van der Waals surface area contributed by atoms with Crippen molar-refractivity contribution in [3.63, 3.8) is 0 Å². The SMILES string of the molecule is CN=C(NCC1(NC(C)c2ccccc2)CCCC1)NC1CCN(C(C)C)CC1.I. The maximum absolute atomic E-state index is 4.52. The van der Waals surface area contributed by atoms with Gasteiger partial charge in [-0.05, 0) is 52.0 Å². The van der Waals surface area contributed by atoms with Crippen LogP contribution in [0.4, 0.5) is 0 Å². The van der Waals surface area contributed by atoms with Gasteiger partial charge in [0.2, 0.25) is 0 Å². The van der Waals surface area contributed by atoms with Crippen LogP contribution in [0.2, 0.25) is 0 Å². The molecule has 1 saturated carbocycles. The molecule has 2 aliphatic rings. The van der Waals surface area contributed by atoms with Gasteiger partial charge in [0, 0.05) is 50.3 Å². The molecule has 0 aromatic heterocycles.